The SMILES string of the molecule is CC[C@@]1(O)C(=O)OCc2c1cc1n(c2=O)Cc2c-1nc1cc(I)c(N)cc1c2N(C)CCN(C)CCC[C@@]1(O)C(=O)OCc2c1cc1n(c2=O)Cc2c-1nc1cc(I)c(N)cc1c2N1CCN(S(C)(=O)=O)CC1. The molecule has 23 heteroatoms. The number of sulfonamides is 1. The molecule has 0 bridgehead atoms. The fourth-order valence-corrected chi connectivity index (χ4v) is 13.0. The molecule has 6 aromatic rings. The summed E-state index contributed by atoms with van der Waals surface area (Å²) >= 11 is 4.32. The number of esters is 2. The number of pyridine rings is 4. The van der Waals surface area contributed by atoms with E-state index in [1.165, 1.54) is 10.6 Å². The van der Waals surface area contributed by atoms with Crippen LogP contribution in [0, 0.1) is 7.14 Å². The zero-order chi connectivity index (χ0) is 51.8. The maximum Gasteiger partial charge on any atom is 0.343 e. The number of ether oxygens (including phenoxy) is 2. The number of likely N-dealkylation sites (N-methyl/N-ethyl adjacent to an activating group) is 2. The average molecular weight is 1240 g/mol. The van der Waals surface area contributed by atoms with Crippen molar-refractivity contribution >= 4 is 112 Å². The number of carbonyl (C=O) groups excluding carboxylic acids is 2. The number of nitrogens with zero attached hydrogens (tertiary/aromatic N) is 8. The van der Waals surface area contributed by atoms with Crippen molar-refractivity contribution in [1.82, 2.24) is 28.3 Å². The fourth-order valence-electron chi connectivity index (χ4n) is 11.3. The van der Waals surface area contributed by atoms with E-state index in [0.717, 1.165) is 40.4 Å². The number of carbonyl (C=O) groups is 2. The summed E-state index contributed by atoms with van der Waals surface area (Å²) in [5, 5.41) is 25.4. The van der Waals surface area contributed by atoms with Crippen LogP contribution in [0.2, 0.25) is 0 Å². The van der Waals surface area contributed by atoms with Crippen LogP contribution in [0.4, 0.5) is 22.7 Å². The van der Waals surface area contributed by atoms with Crippen LogP contribution in [0.25, 0.3) is 44.6 Å². The number of aromatic nitrogens is 4. The molecule has 0 spiro atoms. The Balaban J connectivity index is 0.855. The minimum atomic E-state index is -3.40. The molecule has 20 nitrogen and oxygen atoms in total. The van der Waals surface area contributed by atoms with Gasteiger partial charge in [0.2, 0.25) is 10.0 Å². The third-order valence-electron chi connectivity index (χ3n) is 15.3. The van der Waals surface area contributed by atoms with E-state index >= 15 is 0 Å². The van der Waals surface area contributed by atoms with E-state index in [2.05, 4.69) is 59.9 Å². The fraction of sp³-hybridized carbons (Fsp3) is 0.400. The number of fused-ring (bicyclic) bond motifs is 10. The lowest BCUT2D eigenvalue weighted by Crippen LogP contribution is -2.48. The van der Waals surface area contributed by atoms with Gasteiger partial charge in [-0.05, 0) is 114 Å². The number of hydrogen-bond donors (Lipinski definition) is 4. The Hall–Kier alpha value is -5.45. The lowest BCUT2D eigenvalue weighted by molar-refractivity contribution is -0.173. The Kier molecular flexibility index (Phi) is 12.2. The largest absolute Gasteiger partial charge is 0.458 e. The molecule has 73 heavy (non-hydrogen) atoms. The molecule has 0 amide bonds. The number of nitrogen functional groups attached to an aromatic ring is 2. The molecule has 0 saturated carbocycles. The maximum absolute atomic E-state index is 14.5. The molecule has 4 aromatic heterocycles. The molecule has 2 atom stereocenters. The molecule has 382 valence electrons. The van der Waals surface area contributed by atoms with Gasteiger partial charge in [0.25, 0.3) is 11.1 Å². The summed E-state index contributed by atoms with van der Waals surface area (Å²) < 4.78 is 42.0. The minimum absolute atomic E-state index is 0.0251. The number of piperazine rings is 1. The highest BCUT2D eigenvalue weighted by Crippen LogP contribution is 2.46. The van der Waals surface area contributed by atoms with Gasteiger partial charge in [0.15, 0.2) is 11.2 Å². The Bertz CT molecular complexity index is 3670. The van der Waals surface area contributed by atoms with Crippen molar-refractivity contribution in [1.29, 1.82) is 0 Å². The summed E-state index contributed by atoms with van der Waals surface area (Å²) in [7, 11) is 0.503. The highest BCUT2D eigenvalue weighted by atomic mass is 127. The van der Waals surface area contributed by atoms with Crippen LogP contribution < -0.4 is 32.4 Å². The third kappa shape index (κ3) is 7.88. The molecule has 9 heterocycles. The summed E-state index contributed by atoms with van der Waals surface area (Å²) in [6, 6.07) is 10.9. The summed E-state index contributed by atoms with van der Waals surface area (Å²) in [5.41, 5.74) is 16.6. The summed E-state index contributed by atoms with van der Waals surface area (Å²) in [6.07, 6.45) is 1.55. The molecular weight excluding hydrogens is 1190 g/mol. The smallest absolute Gasteiger partial charge is 0.343 e. The lowest BCUT2D eigenvalue weighted by Gasteiger charge is -2.36. The molecule has 0 aliphatic carbocycles. The highest BCUT2D eigenvalue weighted by Gasteiger charge is 2.48. The van der Waals surface area contributed by atoms with Crippen molar-refractivity contribution in [2.75, 3.05) is 87.4 Å². The van der Waals surface area contributed by atoms with Crippen LogP contribution in [0.5, 0.6) is 0 Å². The normalized spacial score (nSPS) is 20.2. The van der Waals surface area contributed by atoms with Crippen molar-refractivity contribution < 1.29 is 37.7 Å². The maximum atomic E-state index is 14.5. The molecule has 2 aromatic carbocycles. The number of halogens is 2. The Labute approximate surface area is 446 Å². The number of hydrogen-bond acceptors (Lipinski definition) is 17. The predicted octanol–water partition coefficient (Wildman–Crippen LogP) is 3.37. The van der Waals surface area contributed by atoms with Crippen molar-refractivity contribution in [3.8, 4) is 22.8 Å². The van der Waals surface area contributed by atoms with Gasteiger partial charge in [0.05, 0.1) is 75.7 Å². The number of nitrogens with two attached hydrogens (primary N) is 2. The first kappa shape index (κ1) is 49.7. The van der Waals surface area contributed by atoms with Crippen molar-refractivity contribution in [3.63, 3.8) is 0 Å². The monoisotopic (exact) mass is 1240 g/mol. The van der Waals surface area contributed by atoms with Crippen molar-refractivity contribution in [2.45, 2.75) is 63.7 Å². The van der Waals surface area contributed by atoms with Crippen LogP contribution in [0.1, 0.15) is 59.6 Å². The Morgan fingerprint density at radius 1 is 0.712 bits per heavy atom. The predicted molar refractivity (Wildman–Crippen MR) is 292 cm³/mol. The van der Waals surface area contributed by atoms with Crippen molar-refractivity contribution in [2.24, 2.45) is 0 Å². The standard InChI is InChI=1S/C50H52I2N10O10S/c1-5-49(67)31-17-39-41-27(21-61(39)45(63)29(31)23-71-47(49)65)43(25-15-35(53)33(51)19-37(25)55-41)58(3)10-9-57(2)8-6-7-50(68)32-18-40-42-28(22-62(40)46(64)30(32)24-72-48(50)66)44(26-16-36(54)34(52)20-38(26)56-42)59-11-13-60(14-12-59)73(4,69)70/h15-20,67-68H,5-14,21-24,53-54H2,1-4H3/t49-,50-/m0/s1. The average Bonchev–Trinajstić information content (AvgIpc) is 3.91. The van der Waals surface area contributed by atoms with Crippen LogP contribution in [0.3, 0.4) is 0 Å². The van der Waals surface area contributed by atoms with E-state index in [1.807, 2.05) is 38.4 Å². The van der Waals surface area contributed by atoms with E-state index in [4.69, 9.17) is 30.9 Å². The second-order valence-corrected chi connectivity index (χ2v) is 24.0. The molecule has 0 unspecified atom stereocenters. The van der Waals surface area contributed by atoms with Gasteiger partial charge in [-0.15, -0.1) is 0 Å². The number of anilines is 4. The van der Waals surface area contributed by atoms with Gasteiger partial charge in [-0.1, -0.05) is 6.92 Å². The van der Waals surface area contributed by atoms with E-state index in [0.29, 0.717) is 84.3 Å². The third-order valence-corrected chi connectivity index (χ3v) is 18.5. The van der Waals surface area contributed by atoms with Crippen molar-refractivity contribution in [3.05, 3.63) is 97.6 Å². The molecule has 1 fully saturated rings. The van der Waals surface area contributed by atoms with Gasteiger partial charge in [0.1, 0.15) is 13.2 Å². The van der Waals surface area contributed by atoms with E-state index in [9.17, 15) is 37.8 Å². The van der Waals surface area contributed by atoms with E-state index in [1.54, 1.807) is 28.2 Å². The first-order chi connectivity index (χ1) is 34.6. The molecule has 0 radical (unpaired) electrons. The first-order valence-electron chi connectivity index (χ1n) is 23.9. The Morgan fingerprint density at radius 3 is 1.81 bits per heavy atom. The van der Waals surface area contributed by atoms with Gasteiger partial charge in [-0.2, -0.15) is 4.31 Å². The first-order valence-corrected chi connectivity index (χ1v) is 27.9. The van der Waals surface area contributed by atoms with Crippen LogP contribution in [-0.4, -0.2) is 125 Å². The van der Waals surface area contributed by atoms with Gasteiger partial charge in [0, 0.05) is 97.9 Å². The number of benzene rings is 2. The lowest BCUT2D eigenvalue weighted by atomic mass is 9.84. The molecule has 11 rings (SSSR count). The summed E-state index contributed by atoms with van der Waals surface area (Å²) in [6.45, 7) is 4.38. The Morgan fingerprint density at radius 2 is 1.23 bits per heavy atom. The molecule has 5 aliphatic heterocycles. The van der Waals surface area contributed by atoms with E-state index < -0.39 is 38.7 Å². The van der Waals surface area contributed by atoms with Crippen LogP contribution >= 0.6 is 45.2 Å². The topological polar surface area (TPSA) is 262 Å². The molecule has 1 saturated heterocycles. The summed E-state index contributed by atoms with van der Waals surface area (Å²) in [4.78, 5) is 71.6. The number of cyclic esters (lactones) is 2. The van der Waals surface area contributed by atoms with Crippen LogP contribution in [0.15, 0.2) is 46.0 Å². The number of aliphatic hydroxyl groups is 2. The van der Waals surface area contributed by atoms with E-state index in [-0.39, 0.29) is 80.0 Å². The van der Waals surface area contributed by atoms with Gasteiger partial charge >= 0.3 is 11.9 Å². The second kappa shape index (κ2) is 17.9. The van der Waals surface area contributed by atoms with Gasteiger partial charge < -0.3 is 55.0 Å². The van der Waals surface area contributed by atoms with Gasteiger partial charge in [-0.25, -0.2) is 28.0 Å². The number of rotatable bonds is 11. The molecular formula is C50H52I2N10O10S. The second-order valence-electron chi connectivity index (χ2n) is 19.7. The van der Waals surface area contributed by atoms with Gasteiger partial charge in [-0.3, -0.25) is 9.59 Å². The van der Waals surface area contributed by atoms with Crippen LogP contribution in [-0.2, 0) is 66.6 Å². The zero-order valence-electron chi connectivity index (χ0n) is 40.4. The molecule has 6 N–H and O–H groups in total. The highest BCUT2D eigenvalue weighted by molar-refractivity contribution is 14.1. The quantitative estimate of drug-likeness (QED) is 0.0822. The summed E-state index contributed by atoms with van der Waals surface area (Å²) in [5.74, 6) is -1.63. The zero-order valence-corrected chi connectivity index (χ0v) is 45.6. The molecule has 5 aliphatic rings. The minimum Gasteiger partial charge on any atom is -0.458 e.